The first-order valence-electron chi connectivity index (χ1n) is 7.30. The molecule has 0 saturated carbocycles. The Hall–Kier alpha value is -2.24. The minimum absolute atomic E-state index is 0.163. The highest BCUT2D eigenvalue weighted by molar-refractivity contribution is 7.88. The molecule has 0 fully saturated rings. The topological polar surface area (TPSA) is 62.8 Å². The summed E-state index contributed by atoms with van der Waals surface area (Å²) in [6.45, 7) is 0. The molecule has 1 aliphatic rings. The maximum absolute atomic E-state index is 11.7. The molecule has 1 aliphatic carbocycles. The molecule has 122 valence electrons. The van der Waals surface area contributed by atoms with Crippen LogP contribution in [0.3, 0.4) is 0 Å². The van der Waals surface area contributed by atoms with Crippen LogP contribution in [0.1, 0.15) is 12.0 Å². The molecule has 0 bridgehead atoms. The van der Waals surface area contributed by atoms with Gasteiger partial charge in [0.25, 0.3) is 0 Å². The van der Waals surface area contributed by atoms with Crippen molar-refractivity contribution in [1.29, 1.82) is 0 Å². The van der Waals surface area contributed by atoms with Gasteiger partial charge in [-0.2, -0.15) is 0 Å². The van der Waals surface area contributed by atoms with Gasteiger partial charge in [0.15, 0.2) is 0 Å². The zero-order valence-corrected chi connectivity index (χ0v) is 14.5. The molecule has 0 spiro atoms. The quantitative estimate of drug-likeness (QED) is 0.910. The van der Waals surface area contributed by atoms with Gasteiger partial charge in [-0.05, 0) is 36.3 Å². The van der Waals surface area contributed by atoms with E-state index in [0.717, 1.165) is 27.3 Å². The van der Waals surface area contributed by atoms with E-state index in [4.69, 9.17) is 11.6 Å². The maximum Gasteiger partial charge on any atom is 0.247 e. The summed E-state index contributed by atoms with van der Waals surface area (Å²) in [5, 5.41) is 0.538. The van der Waals surface area contributed by atoms with Crippen LogP contribution in [0.15, 0.2) is 64.6 Å². The Kier molecular flexibility index (Phi) is 4.92. The van der Waals surface area contributed by atoms with Crippen LogP contribution < -0.4 is 5.56 Å². The van der Waals surface area contributed by atoms with Gasteiger partial charge in [-0.25, -0.2) is 0 Å². The highest BCUT2D eigenvalue weighted by Gasteiger charge is 2.13. The number of H-pyrrole nitrogens is 1. The number of pyridine rings is 2. The fraction of sp³-hybridized carbons (Fsp3) is 0.111. The summed E-state index contributed by atoms with van der Waals surface area (Å²) < 4.78 is 11.7. The lowest BCUT2D eigenvalue weighted by atomic mass is 9.98. The van der Waals surface area contributed by atoms with E-state index in [1.54, 1.807) is 24.7 Å². The van der Waals surface area contributed by atoms with Crippen LogP contribution in [0.2, 0.25) is 5.02 Å². The molecule has 2 aromatic rings. The first-order chi connectivity index (χ1) is 11.5. The van der Waals surface area contributed by atoms with Crippen molar-refractivity contribution < 1.29 is 4.21 Å². The summed E-state index contributed by atoms with van der Waals surface area (Å²) in [4.78, 5) is 19.2. The van der Waals surface area contributed by atoms with Gasteiger partial charge in [0.2, 0.25) is 5.56 Å². The van der Waals surface area contributed by atoms with Crippen LogP contribution in [-0.4, -0.2) is 20.4 Å². The van der Waals surface area contributed by atoms with Gasteiger partial charge in [-0.3, -0.25) is 14.0 Å². The van der Waals surface area contributed by atoms with Crippen molar-refractivity contribution in [3.8, 4) is 11.3 Å². The van der Waals surface area contributed by atoms with Gasteiger partial charge in [0, 0.05) is 51.5 Å². The van der Waals surface area contributed by atoms with E-state index in [1.807, 2.05) is 30.4 Å². The average molecular weight is 359 g/mol. The number of aromatic amines is 1. The molecule has 2 aromatic heterocycles. The van der Waals surface area contributed by atoms with Crippen molar-refractivity contribution in [2.75, 3.05) is 6.26 Å². The minimum atomic E-state index is -1.03. The second-order valence-electron chi connectivity index (χ2n) is 5.31. The molecular weight excluding hydrogens is 344 g/mol. The summed E-state index contributed by atoms with van der Waals surface area (Å²) in [6, 6.07) is 5.06. The number of allylic oxidation sites excluding steroid dienone is 5. The van der Waals surface area contributed by atoms with Gasteiger partial charge in [-0.1, -0.05) is 23.8 Å². The molecule has 1 atom stereocenters. The summed E-state index contributed by atoms with van der Waals surface area (Å²) in [6.07, 6.45) is 13.2. The van der Waals surface area contributed by atoms with Gasteiger partial charge in [-0.15, -0.1) is 0 Å². The first-order valence-corrected chi connectivity index (χ1v) is 9.24. The summed E-state index contributed by atoms with van der Waals surface area (Å²) in [5.41, 5.74) is 3.29. The van der Waals surface area contributed by atoms with Crippen LogP contribution in [0.25, 0.3) is 16.8 Å². The van der Waals surface area contributed by atoms with Crippen molar-refractivity contribution in [3.63, 3.8) is 0 Å². The zero-order valence-electron chi connectivity index (χ0n) is 13.0. The fourth-order valence-corrected chi connectivity index (χ4v) is 3.18. The predicted molar refractivity (Wildman–Crippen MR) is 99.2 cm³/mol. The second-order valence-corrected chi connectivity index (χ2v) is 7.13. The standard InChI is InChI=1S/C18H15ClN2O2S/c1-24(23)15-4-2-3-12(5-7-15)16-9-14(19)11-21-18(16)13-6-8-17(22)20-10-13/h2,4-11H,3H2,1H3,(H,20,22). The maximum atomic E-state index is 11.7. The Bertz CT molecular complexity index is 937. The van der Waals surface area contributed by atoms with Crippen LogP contribution in [0, 0.1) is 0 Å². The van der Waals surface area contributed by atoms with E-state index in [0.29, 0.717) is 11.4 Å². The number of rotatable bonds is 3. The Morgan fingerprint density at radius 3 is 2.83 bits per heavy atom. The van der Waals surface area contributed by atoms with E-state index < -0.39 is 10.8 Å². The van der Waals surface area contributed by atoms with E-state index >= 15 is 0 Å². The number of nitrogens with zero attached hydrogens (tertiary/aromatic N) is 1. The van der Waals surface area contributed by atoms with Crippen LogP contribution in [0.5, 0.6) is 0 Å². The normalized spacial score (nSPS) is 15.4. The van der Waals surface area contributed by atoms with Gasteiger partial charge < -0.3 is 4.98 Å². The molecule has 0 amide bonds. The molecule has 0 aliphatic heterocycles. The highest BCUT2D eigenvalue weighted by atomic mass is 35.5. The lowest BCUT2D eigenvalue weighted by Gasteiger charge is -2.11. The molecule has 0 aromatic carbocycles. The lowest BCUT2D eigenvalue weighted by molar-refractivity contribution is 0.691. The Balaban J connectivity index is 2.12. The van der Waals surface area contributed by atoms with Crippen molar-refractivity contribution in [2.45, 2.75) is 6.42 Å². The van der Waals surface area contributed by atoms with E-state index in [-0.39, 0.29) is 5.56 Å². The molecule has 4 nitrogen and oxygen atoms in total. The van der Waals surface area contributed by atoms with Crippen LogP contribution >= 0.6 is 11.6 Å². The zero-order chi connectivity index (χ0) is 17.1. The molecule has 2 heterocycles. The van der Waals surface area contributed by atoms with E-state index in [2.05, 4.69) is 9.97 Å². The average Bonchev–Trinajstić information content (AvgIpc) is 2.82. The van der Waals surface area contributed by atoms with Crippen molar-refractivity contribution in [1.82, 2.24) is 9.97 Å². The lowest BCUT2D eigenvalue weighted by Crippen LogP contribution is -2.02. The highest BCUT2D eigenvalue weighted by Crippen LogP contribution is 2.32. The largest absolute Gasteiger partial charge is 0.328 e. The number of hydrogen-bond acceptors (Lipinski definition) is 3. The molecule has 0 radical (unpaired) electrons. The molecule has 6 heteroatoms. The molecule has 1 unspecified atom stereocenters. The van der Waals surface area contributed by atoms with Crippen LogP contribution in [0.4, 0.5) is 0 Å². The number of halogens is 1. The van der Waals surface area contributed by atoms with Crippen molar-refractivity contribution in [3.05, 3.63) is 80.7 Å². The van der Waals surface area contributed by atoms with Crippen molar-refractivity contribution in [2.24, 2.45) is 0 Å². The summed E-state index contributed by atoms with van der Waals surface area (Å²) in [7, 11) is -1.03. The smallest absolute Gasteiger partial charge is 0.247 e. The number of aromatic nitrogens is 2. The second kappa shape index (κ2) is 7.11. The van der Waals surface area contributed by atoms with Crippen molar-refractivity contribution >= 4 is 28.0 Å². The van der Waals surface area contributed by atoms with Gasteiger partial charge >= 0.3 is 0 Å². The first kappa shape index (κ1) is 16.6. The van der Waals surface area contributed by atoms with E-state index in [9.17, 15) is 9.00 Å². The number of nitrogens with one attached hydrogen (secondary N) is 1. The Morgan fingerprint density at radius 2 is 2.12 bits per heavy atom. The molecule has 24 heavy (non-hydrogen) atoms. The minimum Gasteiger partial charge on any atom is -0.328 e. The monoisotopic (exact) mass is 358 g/mol. The summed E-state index contributed by atoms with van der Waals surface area (Å²) in [5.74, 6) is 0. The van der Waals surface area contributed by atoms with Gasteiger partial charge in [0.1, 0.15) is 0 Å². The third-order valence-corrected chi connectivity index (χ3v) is 4.80. The third-order valence-electron chi connectivity index (χ3n) is 3.66. The number of hydrogen-bond donors (Lipinski definition) is 1. The van der Waals surface area contributed by atoms with Crippen LogP contribution in [-0.2, 0) is 10.8 Å². The fourth-order valence-electron chi connectivity index (χ4n) is 2.47. The molecule has 0 saturated heterocycles. The Labute approximate surface area is 147 Å². The van der Waals surface area contributed by atoms with Gasteiger partial charge in [0.05, 0.1) is 10.7 Å². The molecular formula is C18H15ClN2O2S. The third kappa shape index (κ3) is 3.63. The molecule has 1 N–H and O–H groups in total. The SMILES string of the molecule is CS(=O)C1=CC=C(c2cc(Cl)cnc2-c2ccc(=O)[nH]c2)CC=C1. The molecule has 3 rings (SSSR count). The summed E-state index contributed by atoms with van der Waals surface area (Å²) >= 11 is 6.14. The van der Waals surface area contributed by atoms with E-state index in [1.165, 1.54) is 6.07 Å². The Morgan fingerprint density at radius 1 is 1.29 bits per heavy atom. The predicted octanol–water partition coefficient (Wildman–Crippen LogP) is 3.70.